The van der Waals surface area contributed by atoms with E-state index in [2.05, 4.69) is 10.6 Å². The van der Waals surface area contributed by atoms with Crippen LogP contribution in [0.1, 0.15) is 19.4 Å². The molecule has 1 aromatic rings. The first-order valence-corrected chi connectivity index (χ1v) is 6.99. The fourth-order valence-electron chi connectivity index (χ4n) is 1.70. The molecule has 1 aromatic carbocycles. The number of amides is 3. The zero-order valence-corrected chi connectivity index (χ0v) is 13.2. The second-order valence-electron chi connectivity index (χ2n) is 4.55. The second-order valence-corrected chi connectivity index (χ2v) is 4.99. The Labute approximate surface area is 129 Å². The first-order chi connectivity index (χ1) is 9.86. The third kappa shape index (κ3) is 4.71. The topological polar surface area (TPSA) is 87.5 Å². The number of anilines is 1. The lowest BCUT2D eigenvalue weighted by Crippen LogP contribution is -2.48. The van der Waals surface area contributed by atoms with Crippen molar-refractivity contribution in [2.24, 2.45) is 5.73 Å². The van der Waals surface area contributed by atoms with Crippen LogP contribution >= 0.6 is 12.2 Å². The van der Waals surface area contributed by atoms with Crippen molar-refractivity contribution in [3.63, 3.8) is 0 Å². The van der Waals surface area contributed by atoms with E-state index in [4.69, 9.17) is 18.0 Å². The number of hydrogen-bond donors (Lipinski definition) is 3. The zero-order chi connectivity index (χ0) is 16.0. The Morgan fingerprint density at radius 2 is 2.10 bits per heavy atom. The highest BCUT2D eigenvalue weighted by molar-refractivity contribution is 7.80. The van der Waals surface area contributed by atoms with Crippen molar-refractivity contribution in [3.05, 3.63) is 29.8 Å². The SMILES string of the molecule is CCNC(=O)NC(=O)C(C)N(C)c1cccc(C(N)=S)c1. The molecule has 4 N–H and O–H groups in total. The molecule has 0 aliphatic heterocycles. The number of carbonyl (C=O) groups is 2. The minimum absolute atomic E-state index is 0.296. The van der Waals surface area contributed by atoms with Gasteiger partial charge in [0.25, 0.3) is 0 Å². The van der Waals surface area contributed by atoms with E-state index < -0.39 is 12.1 Å². The fraction of sp³-hybridized carbons (Fsp3) is 0.357. The third-order valence-electron chi connectivity index (χ3n) is 3.07. The molecule has 0 saturated carbocycles. The first-order valence-electron chi connectivity index (χ1n) is 6.58. The zero-order valence-electron chi connectivity index (χ0n) is 12.3. The number of likely N-dealkylation sites (N-methyl/N-ethyl adjacent to an activating group) is 1. The van der Waals surface area contributed by atoms with E-state index in [1.807, 2.05) is 12.1 Å². The normalized spacial score (nSPS) is 11.4. The Bertz CT molecular complexity index is 548. The molecular weight excluding hydrogens is 288 g/mol. The maximum atomic E-state index is 12.0. The number of benzene rings is 1. The van der Waals surface area contributed by atoms with Gasteiger partial charge in [-0.05, 0) is 26.0 Å². The van der Waals surface area contributed by atoms with E-state index in [0.717, 1.165) is 11.3 Å². The van der Waals surface area contributed by atoms with Gasteiger partial charge in [0.15, 0.2) is 0 Å². The molecule has 1 atom stereocenters. The van der Waals surface area contributed by atoms with Crippen LogP contribution in [0.4, 0.5) is 10.5 Å². The fourth-order valence-corrected chi connectivity index (χ4v) is 1.83. The van der Waals surface area contributed by atoms with Crippen LogP contribution in [-0.4, -0.2) is 36.6 Å². The van der Waals surface area contributed by atoms with Gasteiger partial charge < -0.3 is 16.0 Å². The van der Waals surface area contributed by atoms with Crippen LogP contribution in [-0.2, 0) is 4.79 Å². The molecule has 0 aliphatic rings. The molecule has 0 saturated heterocycles. The van der Waals surface area contributed by atoms with Crippen molar-refractivity contribution in [3.8, 4) is 0 Å². The summed E-state index contributed by atoms with van der Waals surface area (Å²) in [4.78, 5) is 25.4. The number of nitrogens with one attached hydrogen (secondary N) is 2. The highest BCUT2D eigenvalue weighted by Crippen LogP contribution is 2.17. The third-order valence-corrected chi connectivity index (χ3v) is 3.31. The van der Waals surface area contributed by atoms with Crippen LogP contribution in [0.3, 0.4) is 0 Å². The average molecular weight is 308 g/mol. The van der Waals surface area contributed by atoms with Crippen LogP contribution in [0.5, 0.6) is 0 Å². The van der Waals surface area contributed by atoms with Crippen molar-refractivity contribution in [1.29, 1.82) is 0 Å². The highest BCUT2D eigenvalue weighted by Gasteiger charge is 2.20. The van der Waals surface area contributed by atoms with Gasteiger partial charge in [0.05, 0.1) is 0 Å². The molecule has 3 amide bonds. The molecule has 21 heavy (non-hydrogen) atoms. The smallest absolute Gasteiger partial charge is 0.321 e. The average Bonchev–Trinajstić information content (AvgIpc) is 2.45. The largest absolute Gasteiger partial charge is 0.389 e. The van der Waals surface area contributed by atoms with E-state index in [1.165, 1.54) is 0 Å². The summed E-state index contributed by atoms with van der Waals surface area (Å²) in [5.41, 5.74) is 7.12. The number of rotatable bonds is 5. The molecule has 0 aromatic heterocycles. The lowest BCUT2D eigenvalue weighted by Gasteiger charge is -2.26. The summed E-state index contributed by atoms with van der Waals surface area (Å²) in [6.45, 7) is 3.95. The number of urea groups is 1. The van der Waals surface area contributed by atoms with Gasteiger partial charge >= 0.3 is 6.03 Å². The summed E-state index contributed by atoms with van der Waals surface area (Å²) in [6.07, 6.45) is 0. The predicted molar refractivity (Wildman–Crippen MR) is 87.4 cm³/mol. The summed E-state index contributed by atoms with van der Waals surface area (Å²) in [5.74, 6) is -0.385. The number of imide groups is 1. The summed E-state index contributed by atoms with van der Waals surface area (Å²) in [6, 6.07) is 6.25. The predicted octanol–water partition coefficient (Wildman–Crippen LogP) is 0.991. The molecule has 0 radical (unpaired) electrons. The van der Waals surface area contributed by atoms with Gasteiger partial charge in [0, 0.05) is 24.8 Å². The molecular formula is C14H20N4O2S. The Balaban J connectivity index is 2.80. The Morgan fingerprint density at radius 1 is 1.43 bits per heavy atom. The van der Waals surface area contributed by atoms with Gasteiger partial charge in [-0.25, -0.2) is 4.79 Å². The molecule has 1 rings (SSSR count). The van der Waals surface area contributed by atoms with E-state index in [0.29, 0.717) is 11.5 Å². The summed E-state index contributed by atoms with van der Waals surface area (Å²) < 4.78 is 0. The van der Waals surface area contributed by atoms with Crippen molar-refractivity contribution in [1.82, 2.24) is 10.6 Å². The molecule has 0 aliphatic carbocycles. The Kier molecular flexibility index (Phi) is 6.10. The van der Waals surface area contributed by atoms with Crippen LogP contribution in [0.25, 0.3) is 0 Å². The van der Waals surface area contributed by atoms with Crippen LogP contribution in [0, 0.1) is 0 Å². The molecule has 0 fully saturated rings. The lowest BCUT2D eigenvalue weighted by molar-refractivity contribution is -0.120. The summed E-state index contributed by atoms with van der Waals surface area (Å²) in [7, 11) is 1.76. The Morgan fingerprint density at radius 3 is 2.67 bits per heavy atom. The monoisotopic (exact) mass is 308 g/mol. The van der Waals surface area contributed by atoms with Gasteiger partial charge in [-0.15, -0.1) is 0 Å². The number of carbonyl (C=O) groups excluding carboxylic acids is 2. The molecule has 114 valence electrons. The van der Waals surface area contributed by atoms with Gasteiger partial charge in [0.2, 0.25) is 5.91 Å². The van der Waals surface area contributed by atoms with E-state index >= 15 is 0 Å². The van der Waals surface area contributed by atoms with Crippen molar-refractivity contribution in [2.45, 2.75) is 19.9 Å². The van der Waals surface area contributed by atoms with E-state index in [-0.39, 0.29) is 5.91 Å². The maximum Gasteiger partial charge on any atom is 0.321 e. The van der Waals surface area contributed by atoms with Gasteiger partial charge in [-0.3, -0.25) is 10.1 Å². The number of nitrogens with zero attached hydrogens (tertiary/aromatic N) is 1. The first kappa shape index (κ1) is 16.9. The van der Waals surface area contributed by atoms with Crippen LogP contribution < -0.4 is 21.3 Å². The molecule has 0 heterocycles. The number of nitrogens with two attached hydrogens (primary N) is 1. The second kappa shape index (κ2) is 7.58. The Hall–Kier alpha value is -2.15. The van der Waals surface area contributed by atoms with Gasteiger partial charge in [-0.1, -0.05) is 24.4 Å². The quantitative estimate of drug-likeness (QED) is 0.706. The van der Waals surface area contributed by atoms with E-state index in [1.54, 1.807) is 37.9 Å². The van der Waals surface area contributed by atoms with Gasteiger partial charge in [0.1, 0.15) is 11.0 Å². The van der Waals surface area contributed by atoms with E-state index in [9.17, 15) is 9.59 Å². The summed E-state index contributed by atoms with van der Waals surface area (Å²) in [5, 5.41) is 4.80. The van der Waals surface area contributed by atoms with Crippen LogP contribution in [0.2, 0.25) is 0 Å². The van der Waals surface area contributed by atoms with Crippen molar-refractivity contribution < 1.29 is 9.59 Å². The molecule has 7 heteroatoms. The minimum Gasteiger partial charge on any atom is -0.389 e. The number of hydrogen-bond acceptors (Lipinski definition) is 4. The summed E-state index contributed by atoms with van der Waals surface area (Å²) >= 11 is 4.94. The molecule has 6 nitrogen and oxygen atoms in total. The number of thiocarbonyl (C=S) groups is 1. The van der Waals surface area contributed by atoms with Crippen LogP contribution in [0.15, 0.2) is 24.3 Å². The molecule has 1 unspecified atom stereocenters. The minimum atomic E-state index is -0.519. The molecule has 0 bridgehead atoms. The van der Waals surface area contributed by atoms with Gasteiger partial charge in [-0.2, -0.15) is 0 Å². The maximum absolute atomic E-state index is 12.0. The standard InChI is InChI=1S/C14H20N4O2S/c1-4-16-14(20)17-13(19)9(2)18(3)11-7-5-6-10(8-11)12(15)21/h5-9H,4H2,1-3H3,(H2,15,21)(H2,16,17,19,20). The highest BCUT2D eigenvalue weighted by atomic mass is 32.1. The van der Waals surface area contributed by atoms with Crippen molar-refractivity contribution in [2.75, 3.05) is 18.5 Å². The lowest BCUT2D eigenvalue weighted by atomic mass is 10.1. The molecule has 0 spiro atoms. The van der Waals surface area contributed by atoms with Crippen molar-refractivity contribution >= 4 is 34.8 Å².